The maximum Gasteiger partial charge on any atom is 0.269 e. The zero-order chi connectivity index (χ0) is 25.4. The molecule has 0 saturated carbocycles. The van der Waals surface area contributed by atoms with E-state index in [0.29, 0.717) is 27.8 Å². The molecule has 0 aliphatic rings. The van der Waals surface area contributed by atoms with E-state index in [1.54, 1.807) is 36.4 Å². The summed E-state index contributed by atoms with van der Waals surface area (Å²) in [5.74, 6) is -0.854. The minimum absolute atomic E-state index is 0.0305. The van der Waals surface area contributed by atoms with E-state index >= 15 is 0 Å². The number of hydrogen-bond donors (Lipinski definition) is 1. The number of nitrogens with one attached hydrogen (secondary N) is 1. The minimum Gasteiger partial charge on any atom is -0.487 e. The Hall–Kier alpha value is -4.29. The molecule has 1 N–H and O–H groups in total. The largest absolute Gasteiger partial charge is 0.487 e. The molecule has 35 heavy (non-hydrogen) atoms. The summed E-state index contributed by atoms with van der Waals surface area (Å²) in [6, 6.07) is 17.1. The van der Waals surface area contributed by atoms with Gasteiger partial charge in [0.05, 0.1) is 15.1 Å². The summed E-state index contributed by atoms with van der Waals surface area (Å²) in [5, 5.41) is 22.9. The molecular weight excluding hydrogens is 517 g/mol. The van der Waals surface area contributed by atoms with Crippen LogP contribution in [-0.4, -0.2) is 10.8 Å². The number of rotatable bonds is 9. The van der Waals surface area contributed by atoms with Crippen molar-refractivity contribution >= 4 is 39.3 Å². The van der Waals surface area contributed by atoms with Crippen LogP contribution in [0, 0.1) is 27.3 Å². The highest BCUT2D eigenvalue weighted by molar-refractivity contribution is 9.10. The van der Waals surface area contributed by atoms with E-state index in [1.807, 2.05) is 6.07 Å². The fourth-order valence-electron chi connectivity index (χ4n) is 3.21. The molecule has 0 aliphatic carbocycles. The molecule has 1 amide bonds. The predicted octanol–water partition coefficient (Wildman–Crippen LogP) is 6.35. The molecule has 0 saturated heterocycles. The minimum atomic E-state index is -0.745. The number of anilines is 1. The van der Waals surface area contributed by atoms with Gasteiger partial charge in [-0.15, -0.1) is 6.58 Å². The summed E-state index contributed by atoms with van der Waals surface area (Å²) in [6.07, 6.45) is 3.48. The summed E-state index contributed by atoms with van der Waals surface area (Å²) in [4.78, 5) is 23.1. The van der Waals surface area contributed by atoms with Crippen LogP contribution in [0.3, 0.4) is 0 Å². The highest BCUT2D eigenvalue weighted by Gasteiger charge is 2.15. The first-order valence-electron chi connectivity index (χ1n) is 10.3. The number of allylic oxidation sites excluding steroid dienone is 1. The van der Waals surface area contributed by atoms with Crippen LogP contribution in [0.1, 0.15) is 16.7 Å². The number of hydrogen-bond acceptors (Lipinski definition) is 5. The Labute approximate surface area is 209 Å². The number of para-hydroxylation sites is 1. The summed E-state index contributed by atoms with van der Waals surface area (Å²) >= 11 is 3.46. The van der Waals surface area contributed by atoms with Crippen molar-refractivity contribution in [3.05, 3.63) is 116 Å². The van der Waals surface area contributed by atoms with Crippen LogP contribution in [-0.2, 0) is 17.8 Å². The smallest absolute Gasteiger partial charge is 0.269 e. The first-order chi connectivity index (χ1) is 16.8. The maximum atomic E-state index is 13.9. The van der Waals surface area contributed by atoms with Gasteiger partial charge in [0.2, 0.25) is 0 Å². The predicted molar refractivity (Wildman–Crippen MR) is 134 cm³/mol. The number of non-ortho nitro benzene ring substituents is 1. The Balaban J connectivity index is 1.86. The van der Waals surface area contributed by atoms with Gasteiger partial charge in [0, 0.05) is 12.1 Å². The van der Waals surface area contributed by atoms with E-state index in [9.17, 15) is 24.6 Å². The molecule has 0 radical (unpaired) electrons. The lowest BCUT2D eigenvalue weighted by molar-refractivity contribution is -0.384. The molecule has 7 nitrogen and oxygen atoms in total. The molecule has 0 bridgehead atoms. The summed E-state index contributed by atoms with van der Waals surface area (Å²) in [6.45, 7) is 3.84. The van der Waals surface area contributed by atoms with E-state index in [1.165, 1.54) is 36.4 Å². The van der Waals surface area contributed by atoms with Crippen LogP contribution in [0.25, 0.3) is 6.08 Å². The molecule has 0 aromatic heterocycles. The van der Waals surface area contributed by atoms with Crippen molar-refractivity contribution in [3.63, 3.8) is 0 Å². The average molecular weight is 536 g/mol. The second kappa shape index (κ2) is 11.7. The standard InChI is InChI=1S/C26H19BrFN3O4/c1-2-6-19-11-18(12-20(15-29)26(32)30-24-10-4-3-9-23(24)28)14-22(27)25(19)35-16-17-7-5-8-21(13-17)31(33)34/h2-5,7-14H,1,6,16H2,(H,30,32)/b20-12-. The van der Waals surface area contributed by atoms with E-state index in [0.717, 1.165) is 5.56 Å². The lowest BCUT2D eigenvalue weighted by Gasteiger charge is -2.14. The number of amides is 1. The Morgan fingerprint density at radius 1 is 1.23 bits per heavy atom. The third kappa shape index (κ3) is 6.62. The van der Waals surface area contributed by atoms with Crippen LogP contribution in [0.5, 0.6) is 5.75 Å². The van der Waals surface area contributed by atoms with E-state index in [-0.39, 0.29) is 23.6 Å². The first kappa shape index (κ1) is 25.3. The molecule has 0 fully saturated rings. The van der Waals surface area contributed by atoms with Gasteiger partial charge in [0.1, 0.15) is 29.8 Å². The highest BCUT2D eigenvalue weighted by atomic mass is 79.9. The van der Waals surface area contributed by atoms with Crippen LogP contribution in [0.2, 0.25) is 0 Å². The number of benzene rings is 3. The molecule has 0 spiro atoms. The number of nitro groups is 1. The molecule has 0 heterocycles. The fourth-order valence-corrected chi connectivity index (χ4v) is 3.84. The molecule has 3 aromatic rings. The third-order valence-electron chi connectivity index (χ3n) is 4.81. The SMILES string of the molecule is C=CCc1cc(/C=C(/C#N)C(=O)Nc2ccccc2F)cc(Br)c1OCc1cccc([N+](=O)[O-])c1. The quantitative estimate of drug-likeness (QED) is 0.113. The van der Waals surface area contributed by atoms with Gasteiger partial charge in [0.25, 0.3) is 11.6 Å². The number of nitro benzene ring substituents is 1. The van der Waals surface area contributed by atoms with Crippen molar-refractivity contribution in [1.82, 2.24) is 0 Å². The van der Waals surface area contributed by atoms with Gasteiger partial charge in [0.15, 0.2) is 0 Å². The molecule has 3 aromatic carbocycles. The molecular formula is C26H19BrFN3O4. The molecule has 0 atom stereocenters. The van der Waals surface area contributed by atoms with E-state index in [4.69, 9.17) is 4.74 Å². The van der Waals surface area contributed by atoms with Gasteiger partial charge in [-0.3, -0.25) is 14.9 Å². The van der Waals surface area contributed by atoms with Crippen molar-refractivity contribution in [2.45, 2.75) is 13.0 Å². The van der Waals surface area contributed by atoms with E-state index < -0.39 is 16.6 Å². The third-order valence-corrected chi connectivity index (χ3v) is 5.40. The number of halogens is 2. The second-order valence-electron chi connectivity index (χ2n) is 7.30. The lowest BCUT2D eigenvalue weighted by Crippen LogP contribution is -2.14. The summed E-state index contributed by atoms with van der Waals surface area (Å²) < 4.78 is 20.4. The van der Waals surface area contributed by atoms with Crippen molar-refractivity contribution in [1.29, 1.82) is 5.26 Å². The Bertz CT molecular complexity index is 1360. The van der Waals surface area contributed by atoms with E-state index in [2.05, 4.69) is 27.8 Å². The fraction of sp³-hybridized carbons (Fsp3) is 0.0769. The topological polar surface area (TPSA) is 105 Å². The lowest BCUT2D eigenvalue weighted by atomic mass is 10.0. The number of carbonyl (C=O) groups excluding carboxylic acids is 1. The van der Waals surface area contributed by atoms with Gasteiger partial charge in [-0.2, -0.15) is 5.26 Å². The van der Waals surface area contributed by atoms with Crippen LogP contribution in [0.15, 0.2) is 83.4 Å². The Morgan fingerprint density at radius 2 is 2.00 bits per heavy atom. The van der Waals surface area contributed by atoms with Gasteiger partial charge in [-0.25, -0.2) is 4.39 Å². The first-order valence-corrected chi connectivity index (χ1v) is 11.1. The normalized spacial score (nSPS) is 10.8. The zero-order valence-electron chi connectivity index (χ0n) is 18.3. The Morgan fingerprint density at radius 3 is 2.69 bits per heavy atom. The van der Waals surface area contributed by atoms with Crippen molar-refractivity contribution in [2.24, 2.45) is 0 Å². The number of nitrogens with zero attached hydrogens (tertiary/aromatic N) is 2. The van der Waals surface area contributed by atoms with Crippen LogP contribution < -0.4 is 10.1 Å². The summed E-state index contributed by atoms with van der Waals surface area (Å²) in [5.41, 5.74) is 1.60. The maximum absolute atomic E-state index is 13.9. The van der Waals surface area contributed by atoms with Gasteiger partial charge >= 0.3 is 0 Å². The van der Waals surface area contributed by atoms with Gasteiger partial charge in [-0.05, 0) is 69.4 Å². The highest BCUT2D eigenvalue weighted by Crippen LogP contribution is 2.33. The Kier molecular flexibility index (Phi) is 8.48. The van der Waals surface area contributed by atoms with Crippen LogP contribution >= 0.6 is 15.9 Å². The molecule has 9 heteroatoms. The monoisotopic (exact) mass is 535 g/mol. The zero-order valence-corrected chi connectivity index (χ0v) is 19.9. The summed E-state index contributed by atoms with van der Waals surface area (Å²) in [7, 11) is 0. The molecule has 0 aliphatic heterocycles. The van der Waals surface area contributed by atoms with Crippen molar-refractivity contribution in [3.8, 4) is 11.8 Å². The molecule has 176 valence electrons. The van der Waals surface area contributed by atoms with Gasteiger partial charge < -0.3 is 10.1 Å². The molecule has 3 rings (SSSR count). The van der Waals surface area contributed by atoms with Gasteiger partial charge in [-0.1, -0.05) is 30.3 Å². The van der Waals surface area contributed by atoms with Crippen molar-refractivity contribution < 1.29 is 18.8 Å². The number of carbonyl (C=O) groups is 1. The van der Waals surface area contributed by atoms with Crippen molar-refractivity contribution in [2.75, 3.05) is 5.32 Å². The number of nitriles is 1. The average Bonchev–Trinajstić information content (AvgIpc) is 2.83. The van der Waals surface area contributed by atoms with Crippen LogP contribution in [0.4, 0.5) is 15.8 Å². The second-order valence-corrected chi connectivity index (χ2v) is 8.16. The molecule has 0 unspecified atom stereocenters. The number of ether oxygens (including phenoxy) is 1.